The molecule has 0 bridgehead atoms. The van der Waals surface area contributed by atoms with Crippen molar-refractivity contribution in [2.75, 3.05) is 5.73 Å². The van der Waals surface area contributed by atoms with Crippen LogP contribution in [-0.2, 0) is 0 Å². The third kappa shape index (κ3) is 1.66. The summed E-state index contributed by atoms with van der Waals surface area (Å²) < 4.78 is 0. The average Bonchev–Trinajstić information content (AvgIpc) is 2.01. The number of hydrogen-bond acceptors (Lipinski definition) is 1. The number of allylic oxidation sites excluding steroid dienone is 1. The summed E-state index contributed by atoms with van der Waals surface area (Å²) in [5.41, 5.74) is 13.8. The first-order valence-corrected chi connectivity index (χ1v) is 4.00. The number of hydrogen-bond donors (Lipinski definition) is 2. The highest BCUT2D eigenvalue weighted by Gasteiger charge is 2.01. The van der Waals surface area contributed by atoms with Crippen molar-refractivity contribution in [3.05, 3.63) is 29.3 Å². The van der Waals surface area contributed by atoms with Crippen LogP contribution in [0.25, 0.3) is 6.08 Å². The van der Waals surface area contributed by atoms with Gasteiger partial charge in [0.25, 0.3) is 0 Å². The maximum Gasteiger partial charge on any atom is 0.131 e. The molecule has 12 heavy (non-hydrogen) atoms. The lowest BCUT2D eigenvalue weighted by Gasteiger charge is -2.02. The van der Waals surface area contributed by atoms with Crippen LogP contribution in [0.5, 0.6) is 0 Å². The molecule has 0 saturated heterocycles. The Hall–Kier alpha value is -1.28. The molecule has 1 aromatic rings. The third-order valence-corrected chi connectivity index (χ3v) is 1.89. The van der Waals surface area contributed by atoms with E-state index in [9.17, 15) is 0 Å². The quantitative estimate of drug-likeness (QED) is 0.605. The second-order valence-corrected chi connectivity index (χ2v) is 2.91. The van der Waals surface area contributed by atoms with E-state index in [2.05, 4.69) is 5.73 Å². The third-order valence-electron chi connectivity index (χ3n) is 1.89. The number of benzene rings is 1. The average molecular weight is 163 g/mol. The maximum absolute atomic E-state index is 5.80. The van der Waals surface area contributed by atoms with Crippen LogP contribution >= 0.6 is 0 Å². The molecule has 0 atom stereocenters. The Balaban J connectivity index is 3.23. The normalized spacial score (nSPS) is 10.9. The van der Waals surface area contributed by atoms with Crippen LogP contribution in [0, 0.1) is 6.92 Å². The van der Waals surface area contributed by atoms with Crippen LogP contribution < -0.4 is 11.5 Å². The lowest BCUT2D eigenvalue weighted by molar-refractivity contribution is -0.255. The molecule has 2 nitrogen and oxygen atoms in total. The molecular formula is C10H15N2+. The number of anilines is 1. The lowest BCUT2D eigenvalue weighted by Crippen LogP contribution is -2.41. The van der Waals surface area contributed by atoms with Gasteiger partial charge in [-0.25, -0.2) is 0 Å². The Morgan fingerprint density at radius 1 is 1.42 bits per heavy atom. The topological polar surface area (TPSA) is 53.7 Å². The number of quaternary nitrogens is 1. The predicted molar refractivity (Wildman–Crippen MR) is 52.8 cm³/mol. The Morgan fingerprint density at radius 2 is 2.08 bits per heavy atom. The van der Waals surface area contributed by atoms with Gasteiger partial charge >= 0.3 is 0 Å². The summed E-state index contributed by atoms with van der Waals surface area (Å²) in [5, 5.41) is 0. The molecular weight excluding hydrogens is 148 g/mol. The maximum atomic E-state index is 5.80. The summed E-state index contributed by atoms with van der Waals surface area (Å²) in [7, 11) is 0. The predicted octanol–water partition coefficient (Wildman–Crippen LogP) is 1.48. The van der Waals surface area contributed by atoms with Crippen molar-refractivity contribution in [2.24, 2.45) is 0 Å². The molecule has 2 heteroatoms. The SMILES string of the molecule is CC=Cc1cc([NH3+])c(C)cc1N. The van der Waals surface area contributed by atoms with Crippen molar-refractivity contribution in [3.63, 3.8) is 0 Å². The summed E-state index contributed by atoms with van der Waals surface area (Å²) in [6, 6.07) is 3.96. The van der Waals surface area contributed by atoms with Crippen LogP contribution in [-0.4, -0.2) is 0 Å². The molecule has 0 spiro atoms. The van der Waals surface area contributed by atoms with Gasteiger partial charge in [-0.1, -0.05) is 12.2 Å². The monoisotopic (exact) mass is 163 g/mol. The van der Waals surface area contributed by atoms with Crippen molar-refractivity contribution >= 4 is 17.5 Å². The van der Waals surface area contributed by atoms with E-state index in [1.54, 1.807) is 0 Å². The Kier molecular flexibility index (Phi) is 2.51. The molecule has 0 fully saturated rings. The van der Waals surface area contributed by atoms with E-state index in [0.29, 0.717) is 0 Å². The van der Waals surface area contributed by atoms with Crippen LogP contribution in [0.4, 0.5) is 11.4 Å². The van der Waals surface area contributed by atoms with Crippen molar-refractivity contribution < 1.29 is 5.73 Å². The largest absolute Gasteiger partial charge is 0.398 e. The number of nitrogen functional groups attached to an aromatic ring is 1. The second kappa shape index (κ2) is 3.41. The number of nitrogens with two attached hydrogens (primary N) is 1. The zero-order chi connectivity index (χ0) is 9.14. The zero-order valence-corrected chi connectivity index (χ0v) is 7.59. The van der Waals surface area contributed by atoms with Gasteiger partial charge in [0.15, 0.2) is 0 Å². The fraction of sp³-hybridized carbons (Fsp3) is 0.200. The molecule has 1 rings (SSSR count). The fourth-order valence-electron chi connectivity index (χ4n) is 1.12. The number of aryl methyl sites for hydroxylation is 1. The highest BCUT2D eigenvalue weighted by Crippen LogP contribution is 2.20. The van der Waals surface area contributed by atoms with Gasteiger partial charge in [-0.3, -0.25) is 0 Å². The van der Waals surface area contributed by atoms with Crippen molar-refractivity contribution in [2.45, 2.75) is 13.8 Å². The van der Waals surface area contributed by atoms with Crippen molar-refractivity contribution in [1.29, 1.82) is 0 Å². The molecule has 0 saturated carbocycles. The zero-order valence-electron chi connectivity index (χ0n) is 7.59. The van der Waals surface area contributed by atoms with Gasteiger partial charge in [0.1, 0.15) is 5.69 Å². The fourth-order valence-corrected chi connectivity index (χ4v) is 1.12. The minimum absolute atomic E-state index is 0.818. The standard InChI is InChI=1S/C10H14N2/c1-3-4-8-6-9(11)7(2)5-10(8)12/h3-6H,11-12H2,1-2H3/p+1. The Morgan fingerprint density at radius 3 is 2.67 bits per heavy atom. The van der Waals surface area contributed by atoms with E-state index >= 15 is 0 Å². The second-order valence-electron chi connectivity index (χ2n) is 2.91. The summed E-state index contributed by atoms with van der Waals surface area (Å²) in [6.45, 7) is 3.99. The lowest BCUT2D eigenvalue weighted by atomic mass is 10.1. The summed E-state index contributed by atoms with van der Waals surface area (Å²) in [5.74, 6) is 0. The van der Waals surface area contributed by atoms with Gasteiger partial charge in [0.2, 0.25) is 0 Å². The van der Waals surface area contributed by atoms with E-state index in [4.69, 9.17) is 5.73 Å². The minimum atomic E-state index is 0.818. The van der Waals surface area contributed by atoms with Gasteiger partial charge < -0.3 is 11.5 Å². The van der Waals surface area contributed by atoms with Gasteiger partial charge in [-0.05, 0) is 19.9 Å². The van der Waals surface area contributed by atoms with Gasteiger partial charge in [-0.15, -0.1) is 0 Å². The van der Waals surface area contributed by atoms with E-state index in [1.165, 1.54) is 0 Å². The highest BCUT2D eigenvalue weighted by molar-refractivity contribution is 5.68. The first-order valence-electron chi connectivity index (χ1n) is 4.00. The molecule has 1 aromatic carbocycles. The summed E-state index contributed by atoms with van der Waals surface area (Å²) in [4.78, 5) is 0. The Labute approximate surface area is 72.9 Å². The molecule has 0 radical (unpaired) electrons. The first kappa shape index (κ1) is 8.81. The molecule has 0 unspecified atom stereocenters. The molecule has 0 amide bonds. The molecule has 0 aliphatic heterocycles. The van der Waals surface area contributed by atoms with E-state index in [1.807, 2.05) is 38.1 Å². The highest BCUT2D eigenvalue weighted by atomic mass is 14.6. The van der Waals surface area contributed by atoms with Crippen molar-refractivity contribution in [1.82, 2.24) is 0 Å². The van der Waals surface area contributed by atoms with Crippen LogP contribution in [0.1, 0.15) is 18.1 Å². The van der Waals surface area contributed by atoms with Crippen molar-refractivity contribution in [3.8, 4) is 0 Å². The summed E-state index contributed by atoms with van der Waals surface area (Å²) in [6.07, 6.45) is 3.96. The summed E-state index contributed by atoms with van der Waals surface area (Å²) >= 11 is 0. The molecule has 0 aliphatic rings. The smallest absolute Gasteiger partial charge is 0.131 e. The first-order chi connectivity index (χ1) is 5.65. The van der Waals surface area contributed by atoms with E-state index in [0.717, 1.165) is 22.5 Å². The van der Waals surface area contributed by atoms with Gasteiger partial charge in [-0.2, -0.15) is 0 Å². The van der Waals surface area contributed by atoms with Gasteiger partial charge in [0.05, 0.1) is 0 Å². The minimum Gasteiger partial charge on any atom is -0.398 e. The molecule has 0 heterocycles. The van der Waals surface area contributed by atoms with Gasteiger partial charge in [0, 0.05) is 22.9 Å². The van der Waals surface area contributed by atoms with Crippen LogP contribution in [0.3, 0.4) is 0 Å². The molecule has 0 aromatic heterocycles. The number of rotatable bonds is 1. The molecule has 64 valence electrons. The Bertz CT molecular complexity index is 314. The van der Waals surface area contributed by atoms with Crippen LogP contribution in [0.2, 0.25) is 0 Å². The molecule has 5 N–H and O–H groups in total. The van der Waals surface area contributed by atoms with Crippen LogP contribution in [0.15, 0.2) is 18.2 Å². The van der Waals surface area contributed by atoms with E-state index < -0.39 is 0 Å². The molecule has 0 aliphatic carbocycles. The van der Waals surface area contributed by atoms with E-state index in [-0.39, 0.29) is 0 Å².